The van der Waals surface area contributed by atoms with Crippen LogP contribution in [0.4, 0.5) is 0 Å². The van der Waals surface area contributed by atoms with Gasteiger partial charge in [-0.2, -0.15) is 0 Å². The fraction of sp³-hybridized carbons (Fsp3) is 0.833. The third kappa shape index (κ3) is 4.12. The van der Waals surface area contributed by atoms with E-state index < -0.39 is 5.60 Å². The average Bonchev–Trinajstić information content (AvgIpc) is 1.64. The van der Waals surface area contributed by atoms with Crippen LogP contribution < -0.4 is 0 Å². The maximum atomic E-state index is 9.88. The summed E-state index contributed by atoms with van der Waals surface area (Å²) in [6.07, 6.45) is 0.805. The minimum absolute atomic E-state index is 0.126. The highest BCUT2D eigenvalue weighted by Gasteiger charge is 2.18. The van der Waals surface area contributed by atoms with Crippen molar-refractivity contribution in [1.82, 2.24) is 0 Å². The fourth-order valence-corrected chi connectivity index (χ4v) is 0.549. The van der Waals surface area contributed by atoms with E-state index in [1.54, 1.807) is 6.92 Å². The Hall–Kier alpha value is -0.410. The molecule has 0 amide bonds. The lowest BCUT2D eigenvalue weighted by molar-refractivity contribution is -0.113. The van der Waals surface area contributed by atoms with Crippen molar-refractivity contribution in [3.8, 4) is 0 Å². The zero-order chi connectivity index (χ0) is 7.33. The van der Waals surface area contributed by atoms with Crippen molar-refractivity contribution in [3.05, 3.63) is 0 Å². The third-order valence-electron chi connectivity index (χ3n) is 0.978. The van der Waals surface area contributed by atoms with E-state index in [-0.39, 0.29) is 13.0 Å². The number of aliphatic hydroxyl groups is 1. The van der Waals surface area contributed by atoms with Crippen LogP contribution in [0.1, 0.15) is 13.3 Å². The van der Waals surface area contributed by atoms with Gasteiger partial charge in [0.05, 0.1) is 12.2 Å². The molecule has 9 heavy (non-hydrogen) atoms. The van der Waals surface area contributed by atoms with Crippen molar-refractivity contribution in [3.63, 3.8) is 0 Å². The van der Waals surface area contributed by atoms with Crippen LogP contribution in [0, 0.1) is 0 Å². The van der Waals surface area contributed by atoms with Crippen LogP contribution in [0.5, 0.6) is 0 Å². The van der Waals surface area contributed by atoms with Crippen molar-refractivity contribution in [2.45, 2.75) is 18.9 Å². The second kappa shape index (κ2) is 3.58. The number of carbonyl (C=O) groups excluding carboxylic acids is 1. The topological polar surface area (TPSA) is 46.5 Å². The van der Waals surface area contributed by atoms with Crippen molar-refractivity contribution in [2.24, 2.45) is 0 Å². The van der Waals surface area contributed by atoms with Gasteiger partial charge in [-0.15, -0.1) is 0 Å². The Morgan fingerprint density at radius 3 is 2.67 bits per heavy atom. The Morgan fingerprint density at radius 1 is 1.78 bits per heavy atom. The lowest BCUT2D eigenvalue weighted by Crippen LogP contribution is -2.30. The number of aldehydes is 1. The lowest BCUT2D eigenvalue weighted by atomic mass is 10.1. The van der Waals surface area contributed by atoms with Crippen LogP contribution in [-0.2, 0) is 9.53 Å². The smallest absolute Gasteiger partial charge is 0.122 e. The van der Waals surface area contributed by atoms with Gasteiger partial charge in [0.2, 0.25) is 0 Å². The Labute approximate surface area is 54.6 Å². The van der Waals surface area contributed by atoms with Crippen LogP contribution in [-0.4, -0.2) is 30.7 Å². The first kappa shape index (κ1) is 8.59. The van der Waals surface area contributed by atoms with E-state index in [1.807, 2.05) is 0 Å². The molecule has 0 saturated heterocycles. The Bertz CT molecular complexity index is 88.3. The summed E-state index contributed by atoms with van der Waals surface area (Å²) in [5.74, 6) is 0. The number of hydrogen-bond acceptors (Lipinski definition) is 3. The van der Waals surface area contributed by atoms with Gasteiger partial charge in [0.15, 0.2) is 0 Å². The molecule has 0 aromatic carbocycles. The number of hydrogen-bond donors (Lipinski definition) is 1. The predicted molar refractivity (Wildman–Crippen MR) is 33.2 cm³/mol. The molecule has 0 aromatic heterocycles. The molecular weight excluding hydrogens is 120 g/mol. The number of ether oxygens (including phenoxy) is 1. The zero-order valence-electron chi connectivity index (χ0n) is 5.76. The summed E-state index contributed by atoms with van der Waals surface area (Å²) >= 11 is 0. The molecular formula is C6H12O3. The highest BCUT2D eigenvalue weighted by molar-refractivity contribution is 5.51. The van der Waals surface area contributed by atoms with Crippen molar-refractivity contribution in [1.29, 1.82) is 0 Å². The number of carbonyl (C=O) groups is 1. The monoisotopic (exact) mass is 132 g/mol. The molecule has 3 nitrogen and oxygen atoms in total. The molecule has 0 rings (SSSR count). The highest BCUT2D eigenvalue weighted by atomic mass is 16.5. The molecule has 1 unspecified atom stereocenters. The molecule has 3 heteroatoms. The molecule has 0 spiro atoms. The Balaban J connectivity index is 3.55. The van der Waals surface area contributed by atoms with E-state index in [9.17, 15) is 4.79 Å². The predicted octanol–water partition coefficient (Wildman–Crippen LogP) is -0.0272. The zero-order valence-corrected chi connectivity index (χ0v) is 5.76. The third-order valence-corrected chi connectivity index (χ3v) is 0.978. The summed E-state index contributed by atoms with van der Waals surface area (Å²) in [6, 6.07) is 0. The van der Waals surface area contributed by atoms with E-state index in [0.717, 1.165) is 0 Å². The first-order valence-electron chi connectivity index (χ1n) is 2.77. The summed E-state index contributed by atoms with van der Waals surface area (Å²) in [5, 5.41) is 9.16. The SMILES string of the molecule is COCC(C)(O)CC=O. The van der Waals surface area contributed by atoms with Crippen molar-refractivity contribution < 1.29 is 14.6 Å². The van der Waals surface area contributed by atoms with Crippen LogP contribution in [0.15, 0.2) is 0 Å². The van der Waals surface area contributed by atoms with E-state index in [4.69, 9.17) is 5.11 Å². The normalized spacial score (nSPS) is 16.8. The van der Waals surface area contributed by atoms with Crippen LogP contribution >= 0.6 is 0 Å². The molecule has 0 aliphatic heterocycles. The Morgan fingerprint density at radius 2 is 2.33 bits per heavy atom. The fourth-order valence-electron chi connectivity index (χ4n) is 0.549. The Kier molecular flexibility index (Phi) is 3.42. The first-order valence-corrected chi connectivity index (χ1v) is 2.77. The summed E-state index contributed by atoms with van der Waals surface area (Å²) in [6.45, 7) is 1.76. The standard InChI is InChI=1S/C6H12O3/c1-6(8,3-4-7)5-9-2/h4,8H,3,5H2,1-2H3. The maximum Gasteiger partial charge on any atom is 0.122 e. The molecule has 0 bridgehead atoms. The second-order valence-electron chi connectivity index (χ2n) is 2.30. The molecule has 1 atom stereocenters. The van der Waals surface area contributed by atoms with Crippen LogP contribution in [0.25, 0.3) is 0 Å². The quantitative estimate of drug-likeness (QED) is 0.546. The van der Waals surface area contributed by atoms with E-state index in [2.05, 4.69) is 4.74 Å². The van der Waals surface area contributed by atoms with Gasteiger partial charge in [0.1, 0.15) is 6.29 Å². The summed E-state index contributed by atoms with van der Waals surface area (Å²) in [5.41, 5.74) is -0.990. The van der Waals surface area contributed by atoms with Gasteiger partial charge in [0.25, 0.3) is 0 Å². The van der Waals surface area contributed by atoms with Gasteiger partial charge in [-0.1, -0.05) is 0 Å². The van der Waals surface area contributed by atoms with Gasteiger partial charge in [-0.3, -0.25) is 0 Å². The molecule has 0 fully saturated rings. The summed E-state index contributed by atoms with van der Waals surface area (Å²) in [7, 11) is 1.49. The molecule has 54 valence electrons. The molecule has 0 heterocycles. The molecule has 0 radical (unpaired) electrons. The van der Waals surface area contributed by atoms with Gasteiger partial charge < -0.3 is 14.6 Å². The summed E-state index contributed by atoms with van der Waals surface area (Å²) < 4.78 is 4.65. The van der Waals surface area contributed by atoms with Crippen LogP contribution in [0.3, 0.4) is 0 Å². The molecule has 0 saturated carbocycles. The molecule has 0 aliphatic rings. The van der Waals surface area contributed by atoms with E-state index >= 15 is 0 Å². The van der Waals surface area contributed by atoms with Gasteiger partial charge in [-0.25, -0.2) is 0 Å². The number of rotatable bonds is 4. The molecule has 0 aliphatic carbocycles. The minimum Gasteiger partial charge on any atom is -0.387 e. The first-order chi connectivity index (χ1) is 4.12. The maximum absolute atomic E-state index is 9.88. The van der Waals surface area contributed by atoms with Crippen molar-refractivity contribution in [2.75, 3.05) is 13.7 Å². The minimum atomic E-state index is -0.990. The van der Waals surface area contributed by atoms with Gasteiger partial charge in [0, 0.05) is 13.5 Å². The van der Waals surface area contributed by atoms with E-state index in [0.29, 0.717) is 6.29 Å². The average molecular weight is 132 g/mol. The molecule has 0 aromatic rings. The summed E-state index contributed by atoms with van der Waals surface area (Å²) in [4.78, 5) is 9.88. The molecule has 1 N–H and O–H groups in total. The van der Waals surface area contributed by atoms with Crippen molar-refractivity contribution >= 4 is 6.29 Å². The van der Waals surface area contributed by atoms with Gasteiger partial charge >= 0.3 is 0 Å². The highest BCUT2D eigenvalue weighted by Crippen LogP contribution is 2.05. The largest absolute Gasteiger partial charge is 0.387 e. The lowest BCUT2D eigenvalue weighted by Gasteiger charge is -2.18. The number of methoxy groups -OCH3 is 1. The van der Waals surface area contributed by atoms with E-state index in [1.165, 1.54) is 7.11 Å². The van der Waals surface area contributed by atoms with Gasteiger partial charge in [-0.05, 0) is 6.92 Å². The van der Waals surface area contributed by atoms with Crippen LogP contribution in [0.2, 0.25) is 0 Å². The second-order valence-corrected chi connectivity index (χ2v) is 2.30.